The zero-order chi connectivity index (χ0) is 10.8. The van der Waals surface area contributed by atoms with E-state index in [9.17, 15) is 5.11 Å². The van der Waals surface area contributed by atoms with Gasteiger partial charge in [0.1, 0.15) is 0 Å². The van der Waals surface area contributed by atoms with E-state index >= 15 is 0 Å². The van der Waals surface area contributed by atoms with E-state index in [4.69, 9.17) is 0 Å². The fourth-order valence-corrected chi connectivity index (χ4v) is 2.32. The van der Waals surface area contributed by atoms with Crippen LogP contribution < -0.4 is 0 Å². The second-order valence-corrected chi connectivity index (χ2v) is 5.04. The lowest BCUT2D eigenvalue weighted by molar-refractivity contribution is 0.149. The average Bonchev–Trinajstić information content (AvgIpc) is 2.02. The second-order valence-electron chi connectivity index (χ2n) is 5.04. The van der Waals surface area contributed by atoms with Gasteiger partial charge in [0.05, 0.1) is 6.10 Å². The van der Waals surface area contributed by atoms with Gasteiger partial charge in [0.25, 0.3) is 0 Å². The van der Waals surface area contributed by atoms with E-state index in [2.05, 4.69) is 26.8 Å². The predicted molar refractivity (Wildman–Crippen MR) is 61.1 cm³/mol. The van der Waals surface area contributed by atoms with Gasteiger partial charge in [-0.15, -0.1) is 0 Å². The van der Waals surface area contributed by atoms with Crippen molar-refractivity contribution in [2.24, 2.45) is 11.3 Å². The maximum atomic E-state index is 9.89. The molecule has 0 fully saturated rings. The molecule has 0 saturated carbocycles. The first kappa shape index (κ1) is 11.5. The van der Waals surface area contributed by atoms with Crippen LogP contribution in [0.2, 0.25) is 0 Å². The van der Waals surface area contributed by atoms with Crippen molar-refractivity contribution >= 4 is 0 Å². The molecule has 14 heavy (non-hydrogen) atoms. The molecule has 0 aromatic carbocycles. The summed E-state index contributed by atoms with van der Waals surface area (Å²) in [4.78, 5) is 0. The number of aliphatic hydroxyl groups excluding tert-OH is 1. The number of hydrogen-bond donors (Lipinski definition) is 1. The molecule has 1 N–H and O–H groups in total. The fourth-order valence-electron chi connectivity index (χ4n) is 2.32. The van der Waals surface area contributed by atoms with Crippen LogP contribution in [0.15, 0.2) is 23.8 Å². The second kappa shape index (κ2) is 4.31. The van der Waals surface area contributed by atoms with Crippen LogP contribution in [-0.4, -0.2) is 11.2 Å². The Balaban J connectivity index is 2.76. The number of rotatable bonds is 2. The van der Waals surface area contributed by atoms with Crippen LogP contribution in [0.4, 0.5) is 0 Å². The fraction of sp³-hybridized carbons (Fsp3) is 0.692. The van der Waals surface area contributed by atoms with Gasteiger partial charge in [0, 0.05) is 5.92 Å². The third-order valence-corrected chi connectivity index (χ3v) is 3.10. The summed E-state index contributed by atoms with van der Waals surface area (Å²) in [5.74, 6) is 0.333. The van der Waals surface area contributed by atoms with Crippen LogP contribution in [0.25, 0.3) is 0 Å². The van der Waals surface area contributed by atoms with E-state index in [1.165, 1.54) is 12.0 Å². The Morgan fingerprint density at radius 2 is 2.21 bits per heavy atom. The van der Waals surface area contributed by atoms with Crippen molar-refractivity contribution < 1.29 is 5.11 Å². The molecule has 1 aliphatic carbocycles. The summed E-state index contributed by atoms with van der Waals surface area (Å²) in [6.07, 6.45) is 8.10. The monoisotopic (exact) mass is 194 g/mol. The normalized spacial score (nSPS) is 28.9. The Labute approximate surface area is 87.5 Å². The minimum absolute atomic E-state index is 0.299. The van der Waals surface area contributed by atoms with Gasteiger partial charge in [0.15, 0.2) is 0 Å². The molecule has 0 aliphatic heterocycles. The molecule has 0 aromatic heterocycles. The highest BCUT2D eigenvalue weighted by molar-refractivity contribution is 5.16. The van der Waals surface area contributed by atoms with Crippen molar-refractivity contribution in [1.82, 2.24) is 0 Å². The molecule has 0 radical (unpaired) electrons. The Morgan fingerprint density at radius 3 is 2.71 bits per heavy atom. The zero-order valence-electron chi connectivity index (χ0n) is 9.75. The molecule has 1 rings (SSSR count). The summed E-state index contributed by atoms with van der Waals surface area (Å²) >= 11 is 0. The van der Waals surface area contributed by atoms with E-state index in [1.54, 1.807) is 0 Å². The maximum Gasteiger partial charge on any atom is 0.0785 e. The van der Waals surface area contributed by atoms with Gasteiger partial charge in [-0.3, -0.25) is 0 Å². The zero-order valence-corrected chi connectivity index (χ0v) is 9.75. The third kappa shape index (κ3) is 2.71. The minimum Gasteiger partial charge on any atom is -0.388 e. The summed E-state index contributed by atoms with van der Waals surface area (Å²) in [6.45, 7) is 8.61. The summed E-state index contributed by atoms with van der Waals surface area (Å²) < 4.78 is 0. The maximum absolute atomic E-state index is 9.89. The first-order valence-electron chi connectivity index (χ1n) is 5.46. The van der Waals surface area contributed by atoms with E-state index < -0.39 is 0 Å². The molecular formula is C13H22O. The molecule has 0 bridgehead atoms. The van der Waals surface area contributed by atoms with Crippen LogP contribution in [0.3, 0.4) is 0 Å². The third-order valence-electron chi connectivity index (χ3n) is 3.10. The van der Waals surface area contributed by atoms with Crippen LogP contribution in [-0.2, 0) is 0 Å². The van der Waals surface area contributed by atoms with Crippen molar-refractivity contribution in [3.05, 3.63) is 23.8 Å². The Kier molecular flexibility index (Phi) is 3.54. The Bertz CT molecular complexity index is 248. The summed E-state index contributed by atoms with van der Waals surface area (Å²) in [5, 5.41) is 9.89. The molecule has 0 saturated heterocycles. The van der Waals surface area contributed by atoms with Gasteiger partial charge >= 0.3 is 0 Å². The molecule has 80 valence electrons. The van der Waals surface area contributed by atoms with Crippen LogP contribution in [0.1, 0.15) is 40.5 Å². The standard InChI is InChI=1S/C13H22O/c1-5-6-12(14)11-7-8-13(3,4)9-10(11)2/h5-6,9,11-12,14H,7-8H2,1-4H3/b6-5+. The predicted octanol–water partition coefficient (Wildman–Crippen LogP) is 3.31. The van der Waals surface area contributed by atoms with Crippen molar-refractivity contribution in [2.75, 3.05) is 0 Å². The molecule has 0 heterocycles. The lowest BCUT2D eigenvalue weighted by Gasteiger charge is -2.33. The van der Waals surface area contributed by atoms with Crippen molar-refractivity contribution in [3.8, 4) is 0 Å². The van der Waals surface area contributed by atoms with E-state index in [0.717, 1.165) is 6.42 Å². The van der Waals surface area contributed by atoms with Gasteiger partial charge in [-0.2, -0.15) is 0 Å². The van der Waals surface area contributed by atoms with Gasteiger partial charge in [-0.25, -0.2) is 0 Å². The van der Waals surface area contributed by atoms with Crippen LogP contribution >= 0.6 is 0 Å². The molecule has 0 amide bonds. The molecule has 1 aliphatic rings. The smallest absolute Gasteiger partial charge is 0.0785 e. The Morgan fingerprint density at radius 1 is 1.57 bits per heavy atom. The summed E-state index contributed by atoms with van der Waals surface area (Å²) in [5.41, 5.74) is 1.66. The molecule has 1 heteroatoms. The highest BCUT2D eigenvalue weighted by atomic mass is 16.3. The molecule has 1 nitrogen and oxygen atoms in total. The first-order chi connectivity index (χ1) is 6.46. The largest absolute Gasteiger partial charge is 0.388 e. The minimum atomic E-state index is -0.299. The van der Waals surface area contributed by atoms with E-state index in [1.807, 2.05) is 19.1 Å². The molecule has 2 unspecified atom stereocenters. The topological polar surface area (TPSA) is 20.2 Å². The average molecular weight is 194 g/mol. The lowest BCUT2D eigenvalue weighted by atomic mass is 9.73. The Hall–Kier alpha value is -0.560. The van der Waals surface area contributed by atoms with Crippen molar-refractivity contribution in [1.29, 1.82) is 0 Å². The first-order valence-corrected chi connectivity index (χ1v) is 5.46. The van der Waals surface area contributed by atoms with Gasteiger partial charge in [0.2, 0.25) is 0 Å². The number of hydrogen-bond acceptors (Lipinski definition) is 1. The van der Waals surface area contributed by atoms with Crippen LogP contribution in [0.5, 0.6) is 0 Å². The number of aliphatic hydroxyl groups is 1. The molecule has 2 atom stereocenters. The van der Waals surface area contributed by atoms with Crippen molar-refractivity contribution in [2.45, 2.75) is 46.6 Å². The van der Waals surface area contributed by atoms with Gasteiger partial charge in [-0.05, 0) is 32.1 Å². The molecular weight excluding hydrogens is 172 g/mol. The van der Waals surface area contributed by atoms with Crippen molar-refractivity contribution in [3.63, 3.8) is 0 Å². The van der Waals surface area contributed by atoms with Crippen LogP contribution in [0, 0.1) is 11.3 Å². The lowest BCUT2D eigenvalue weighted by Crippen LogP contribution is -2.26. The quantitative estimate of drug-likeness (QED) is 0.669. The SMILES string of the molecule is C/C=C/C(O)C1CCC(C)(C)C=C1C. The summed E-state index contributed by atoms with van der Waals surface area (Å²) in [7, 11) is 0. The van der Waals surface area contributed by atoms with E-state index in [-0.39, 0.29) is 6.10 Å². The summed E-state index contributed by atoms with van der Waals surface area (Å²) in [6, 6.07) is 0. The highest BCUT2D eigenvalue weighted by Crippen LogP contribution is 2.37. The highest BCUT2D eigenvalue weighted by Gasteiger charge is 2.28. The van der Waals surface area contributed by atoms with E-state index in [0.29, 0.717) is 11.3 Å². The molecule has 0 spiro atoms. The number of allylic oxidation sites excluding steroid dienone is 2. The van der Waals surface area contributed by atoms with Gasteiger partial charge < -0.3 is 5.11 Å². The molecule has 0 aromatic rings. The van der Waals surface area contributed by atoms with Gasteiger partial charge in [-0.1, -0.05) is 37.6 Å².